The number of aromatic nitrogens is 2. The monoisotopic (exact) mass is 491 g/mol. The summed E-state index contributed by atoms with van der Waals surface area (Å²) in [5.74, 6) is -0.556. The maximum Gasteiger partial charge on any atom is 0.414 e. The molecule has 3 heterocycles. The van der Waals surface area contributed by atoms with Crippen molar-refractivity contribution in [3.05, 3.63) is 48.2 Å². The van der Waals surface area contributed by atoms with Gasteiger partial charge in [-0.1, -0.05) is 0 Å². The molecular weight excluding hydrogens is 463 g/mol. The molecule has 2 aliphatic heterocycles. The molecule has 0 radical (unpaired) electrons. The predicted molar refractivity (Wildman–Crippen MR) is 125 cm³/mol. The molecule has 8 nitrogen and oxygen atoms in total. The Morgan fingerprint density at radius 1 is 1.29 bits per heavy atom. The number of carbonyl (C=O) groups excluding carboxylic acids is 1. The molecule has 188 valence electrons. The highest BCUT2D eigenvalue weighted by Gasteiger charge is 2.44. The SMILES string of the molecule is CC1(C)Cc2cc(NC(=O)C(=CN)c3ncccn3)c(N3CCC(C(O)C(F)(F)F)CC3)cc2O1. The van der Waals surface area contributed by atoms with Gasteiger partial charge in [0.25, 0.3) is 5.91 Å². The number of rotatable bonds is 5. The van der Waals surface area contributed by atoms with E-state index in [9.17, 15) is 23.1 Å². The number of hydrogen-bond acceptors (Lipinski definition) is 7. The molecule has 11 heteroatoms. The standard InChI is InChI=1S/C24H28F3N5O3/c1-23(2)12-15-10-17(31-22(34)16(13-28)21-29-6-3-7-30-21)18(11-19(15)35-23)32-8-4-14(5-9-32)20(33)24(25,26)27/h3,6-7,10-11,13-14,20,33H,4-5,8-9,12,28H2,1-2H3,(H,31,34). The molecule has 1 saturated heterocycles. The zero-order valence-electron chi connectivity index (χ0n) is 19.5. The highest BCUT2D eigenvalue weighted by Crippen LogP contribution is 2.43. The second kappa shape index (κ2) is 9.37. The van der Waals surface area contributed by atoms with Gasteiger partial charge in [-0.3, -0.25) is 4.79 Å². The van der Waals surface area contributed by atoms with Crippen LogP contribution in [0.15, 0.2) is 36.8 Å². The van der Waals surface area contributed by atoms with Gasteiger partial charge in [0.1, 0.15) is 11.4 Å². The maximum absolute atomic E-state index is 13.1. The smallest absolute Gasteiger partial charge is 0.414 e. The highest BCUT2D eigenvalue weighted by atomic mass is 19.4. The fraction of sp³-hybridized carbons (Fsp3) is 0.458. The Balaban J connectivity index is 1.61. The van der Waals surface area contributed by atoms with E-state index in [0.717, 1.165) is 11.8 Å². The first-order valence-electron chi connectivity index (χ1n) is 11.3. The number of aliphatic hydroxyl groups excluding tert-OH is 1. The van der Waals surface area contributed by atoms with Gasteiger partial charge in [0, 0.05) is 49.7 Å². The summed E-state index contributed by atoms with van der Waals surface area (Å²) in [5, 5.41) is 12.6. The van der Waals surface area contributed by atoms with Crippen LogP contribution in [0.2, 0.25) is 0 Å². The fourth-order valence-electron chi connectivity index (χ4n) is 4.60. The number of alkyl halides is 3. The van der Waals surface area contributed by atoms with E-state index in [-0.39, 0.29) is 37.3 Å². The van der Waals surface area contributed by atoms with Gasteiger partial charge in [0.2, 0.25) is 0 Å². The van der Waals surface area contributed by atoms with Crippen molar-refractivity contribution in [2.45, 2.75) is 51.0 Å². The number of benzene rings is 1. The van der Waals surface area contributed by atoms with Gasteiger partial charge in [0.15, 0.2) is 11.9 Å². The third-order valence-electron chi connectivity index (χ3n) is 6.31. The molecule has 2 aliphatic rings. The molecule has 0 spiro atoms. The minimum atomic E-state index is -4.65. The number of nitrogens with one attached hydrogen (secondary N) is 1. The summed E-state index contributed by atoms with van der Waals surface area (Å²) in [6, 6.07) is 5.26. The maximum atomic E-state index is 13.1. The largest absolute Gasteiger partial charge is 0.487 e. The van der Waals surface area contributed by atoms with Crippen molar-refractivity contribution >= 4 is 22.9 Å². The second-order valence-corrected chi connectivity index (χ2v) is 9.43. The van der Waals surface area contributed by atoms with Crippen LogP contribution in [0.25, 0.3) is 5.57 Å². The fourth-order valence-corrected chi connectivity index (χ4v) is 4.60. The van der Waals surface area contributed by atoms with Crippen LogP contribution >= 0.6 is 0 Å². The van der Waals surface area contributed by atoms with Crippen molar-refractivity contribution in [1.29, 1.82) is 0 Å². The average molecular weight is 492 g/mol. The second-order valence-electron chi connectivity index (χ2n) is 9.43. The lowest BCUT2D eigenvalue weighted by Gasteiger charge is -2.37. The first kappa shape index (κ1) is 24.8. The van der Waals surface area contributed by atoms with Gasteiger partial charge in [-0.05, 0) is 44.7 Å². The Morgan fingerprint density at radius 3 is 2.54 bits per heavy atom. The Morgan fingerprint density at radius 2 is 1.94 bits per heavy atom. The van der Waals surface area contributed by atoms with Crippen LogP contribution in [0, 0.1) is 5.92 Å². The van der Waals surface area contributed by atoms with Crippen LogP contribution in [-0.4, -0.2) is 52.0 Å². The molecule has 1 amide bonds. The summed E-state index contributed by atoms with van der Waals surface area (Å²) < 4.78 is 45.0. The van der Waals surface area contributed by atoms with Crippen molar-refractivity contribution in [2.75, 3.05) is 23.3 Å². The number of carbonyl (C=O) groups is 1. The summed E-state index contributed by atoms with van der Waals surface area (Å²) in [6.45, 7) is 4.47. The highest BCUT2D eigenvalue weighted by molar-refractivity contribution is 6.24. The summed E-state index contributed by atoms with van der Waals surface area (Å²) in [5.41, 5.74) is 7.37. The number of nitrogens with two attached hydrogens (primary N) is 1. The van der Waals surface area contributed by atoms with E-state index in [4.69, 9.17) is 10.5 Å². The van der Waals surface area contributed by atoms with Crippen LogP contribution in [-0.2, 0) is 11.2 Å². The van der Waals surface area contributed by atoms with Crippen molar-refractivity contribution in [2.24, 2.45) is 11.7 Å². The molecule has 1 atom stereocenters. The number of fused-ring (bicyclic) bond motifs is 1. The van der Waals surface area contributed by atoms with E-state index in [0.29, 0.717) is 23.5 Å². The van der Waals surface area contributed by atoms with Crippen molar-refractivity contribution in [1.82, 2.24) is 9.97 Å². The first-order valence-corrected chi connectivity index (χ1v) is 11.3. The number of nitrogens with zero attached hydrogens (tertiary/aromatic N) is 3. The van der Waals surface area contributed by atoms with E-state index in [2.05, 4.69) is 15.3 Å². The minimum Gasteiger partial charge on any atom is -0.487 e. The van der Waals surface area contributed by atoms with Crippen molar-refractivity contribution < 1.29 is 27.8 Å². The molecule has 2 aromatic rings. The number of anilines is 2. The first-order chi connectivity index (χ1) is 16.5. The van der Waals surface area contributed by atoms with E-state index in [1.54, 1.807) is 6.07 Å². The lowest BCUT2D eigenvalue weighted by atomic mass is 9.90. The number of amides is 1. The van der Waals surface area contributed by atoms with E-state index in [1.807, 2.05) is 30.9 Å². The predicted octanol–water partition coefficient (Wildman–Crippen LogP) is 3.27. The third-order valence-corrected chi connectivity index (χ3v) is 6.31. The zero-order chi connectivity index (χ0) is 25.4. The number of aliphatic hydroxyl groups is 1. The number of piperidine rings is 1. The third kappa shape index (κ3) is 5.34. The van der Waals surface area contributed by atoms with Gasteiger partial charge in [0.05, 0.1) is 16.9 Å². The Kier molecular flexibility index (Phi) is 6.63. The quantitative estimate of drug-likeness (QED) is 0.550. The summed E-state index contributed by atoms with van der Waals surface area (Å²) in [4.78, 5) is 23.2. The van der Waals surface area contributed by atoms with Gasteiger partial charge >= 0.3 is 6.18 Å². The van der Waals surface area contributed by atoms with E-state index >= 15 is 0 Å². The van der Waals surface area contributed by atoms with E-state index in [1.165, 1.54) is 12.4 Å². The topological polar surface area (TPSA) is 114 Å². The normalized spacial score (nSPS) is 19.1. The number of hydrogen-bond donors (Lipinski definition) is 3. The molecule has 1 fully saturated rings. The lowest BCUT2D eigenvalue weighted by molar-refractivity contribution is -0.221. The zero-order valence-corrected chi connectivity index (χ0v) is 19.5. The van der Waals surface area contributed by atoms with Crippen LogP contribution in [0.4, 0.5) is 24.5 Å². The summed E-state index contributed by atoms with van der Waals surface area (Å²) >= 11 is 0. The van der Waals surface area contributed by atoms with Crippen LogP contribution in [0.3, 0.4) is 0 Å². The molecule has 1 aromatic heterocycles. The molecule has 4 rings (SSSR count). The van der Waals surface area contributed by atoms with Crippen LogP contribution < -0.4 is 20.7 Å². The average Bonchev–Trinajstić information content (AvgIpc) is 3.11. The Labute approximate surface area is 201 Å². The molecule has 1 unspecified atom stereocenters. The number of halogens is 3. The molecule has 0 bridgehead atoms. The van der Waals surface area contributed by atoms with Gasteiger partial charge in [-0.25, -0.2) is 9.97 Å². The molecule has 0 aliphatic carbocycles. The van der Waals surface area contributed by atoms with Gasteiger partial charge < -0.3 is 25.8 Å². The molecule has 0 saturated carbocycles. The lowest BCUT2D eigenvalue weighted by Crippen LogP contribution is -2.43. The van der Waals surface area contributed by atoms with E-state index < -0.39 is 29.7 Å². The molecule has 4 N–H and O–H groups in total. The Bertz CT molecular complexity index is 1110. The summed E-state index contributed by atoms with van der Waals surface area (Å²) in [7, 11) is 0. The van der Waals surface area contributed by atoms with Crippen molar-refractivity contribution in [3.8, 4) is 5.75 Å². The van der Waals surface area contributed by atoms with Crippen LogP contribution in [0.5, 0.6) is 5.75 Å². The molecular formula is C24H28F3N5O3. The summed E-state index contributed by atoms with van der Waals surface area (Å²) in [6.07, 6.45) is -1.93. The Hall–Kier alpha value is -3.34. The van der Waals surface area contributed by atoms with Gasteiger partial charge in [-0.2, -0.15) is 13.2 Å². The minimum absolute atomic E-state index is 0.0839. The van der Waals surface area contributed by atoms with Gasteiger partial charge in [-0.15, -0.1) is 0 Å². The van der Waals surface area contributed by atoms with Crippen LogP contribution in [0.1, 0.15) is 38.1 Å². The molecule has 1 aromatic carbocycles. The number of ether oxygens (including phenoxy) is 1. The van der Waals surface area contributed by atoms with Crippen molar-refractivity contribution in [3.63, 3.8) is 0 Å². The molecule has 35 heavy (non-hydrogen) atoms.